The first-order valence-electron chi connectivity index (χ1n) is 8.63. The van der Waals surface area contributed by atoms with Gasteiger partial charge in [-0.15, -0.1) is 0 Å². The molecule has 4 bridgehead atoms. The summed E-state index contributed by atoms with van der Waals surface area (Å²) in [6.45, 7) is 0.440. The first kappa shape index (κ1) is 14.5. The van der Waals surface area contributed by atoms with Gasteiger partial charge in [0.1, 0.15) is 6.04 Å². The summed E-state index contributed by atoms with van der Waals surface area (Å²) < 4.78 is 5.32. The van der Waals surface area contributed by atoms with Crippen molar-refractivity contribution in [3.63, 3.8) is 0 Å². The van der Waals surface area contributed by atoms with E-state index in [9.17, 15) is 14.7 Å². The fourth-order valence-electron chi connectivity index (χ4n) is 5.97. The summed E-state index contributed by atoms with van der Waals surface area (Å²) in [5, 5.41) is 9.45. The van der Waals surface area contributed by atoms with Crippen LogP contribution in [0.3, 0.4) is 0 Å². The number of carbonyl (C=O) groups excluding carboxylic acids is 1. The molecule has 5 aliphatic rings. The molecule has 1 aliphatic heterocycles. The lowest BCUT2D eigenvalue weighted by atomic mass is 9.51. The van der Waals surface area contributed by atoms with Crippen LogP contribution in [-0.4, -0.2) is 47.7 Å². The fraction of sp³-hybridized carbons (Fsp3) is 0.882. The van der Waals surface area contributed by atoms with Crippen molar-refractivity contribution in [1.29, 1.82) is 0 Å². The minimum Gasteiger partial charge on any atom is -0.480 e. The van der Waals surface area contributed by atoms with Gasteiger partial charge in [0.15, 0.2) is 0 Å². The lowest BCUT2D eigenvalue weighted by Gasteiger charge is -2.54. The second-order valence-corrected chi connectivity index (χ2v) is 7.89. The number of likely N-dealkylation sites (tertiary alicyclic amines) is 1. The molecule has 22 heavy (non-hydrogen) atoms. The molecule has 2 atom stereocenters. The molecule has 0 aromatic heterocycles. The Morgan fingerprint density at radius 3 is 2.09 bits per heavy atom. The van der Waals surface area contributed by atoms with Gasteiger partial charge in [0.2, 0.25) is 5.91 Å². The van der Waals surface area contributed by atoms with E-state index in [0.29, 0.717) is 24.8 Å². The van der Waals surface area contributed by atoms with Gasteiger partial charge in [-0.05, 0) is 55.8 Å². The van der Waals surface area contributed by atoms with Crippen molar-refractivity contribution in [3.8, 4) is 0 Å². The highest BCUT2D eigenvalue weighted by Crippen LogP contribution is 2.57. The second kappa shape index (κ2) is 5.22. The zero-order valence-electron chi connectivity index (χ0n) is 13.1. The van der Waals surface area contributed by atoms with Crippen LogP contribution in [0.25, 0.3) is 0 Å². The number of ether oxygens (including phenoxy) is 1. The van der Waals surface area contributed by atoms with Crippen molar-refractivity contribution >= 4 is 11.9 Å². The lowest BCUT2D eigenvalue weighted by molar-refractivity contribution is -0.157. The Labute approximate surface area is 131 Å². The van der Waals surface area contributed by atoms with Crippen LogP contribution in [0.2, 0.25) is 0 Å². The second-order valence-electron chi connectivity index (χ2n) is 7.89. The zero-order chi connectivity index (χ0) is 15.4. The van der Waals surface area contributed by atoms with Crippen molar-refractivity contribution < 1.29 is 19.4 Å². The molecule has 0 aromatic carbocycles. The van der Waals surface area contributed by atoms with E-state index in [-0.39, 0.29) is 17.9 Å². The highest BCUT2D eigenvalue weighted by molar-refractivity contribution is 5.86. The van der Waals surface area contributed by atoms with Gasteiger partial charge < -0.3 is 14.7 Å². The van der Waals surface area contributed by atoms with Crippen LogP contribution in [0.5, 0.6) is 0 Å². The number of aliphatic carboxylic acids is 1. The Morgan fingerprint density at radius 2 is 1.59 bits per heavy atom. The summed E-state index contributed by atoms with van der Waals surface area (Å²) >= 11 is 0. The molecule has 1 saturated heterocycles. The fourth-order valence-corrected chi connectivity index (χ4v) is 5.97. The van der Waals surface area contributed by atoms with Crippen LogP contribution in [0.15, 0.2) is 0 Å². The van der Waals surface area contributed by atoms with Crippen molar-refractivity contribution in [1.82, 2.24) is 4.90 Å². The van der Waals surface area contributed by atoms with E-state index in [4.69, 9.17) is 4.74 Å². The third-order valence-corrected chi connectivity index (χ3v) is 6.68. The largest absolute Gasteiger partial charge is 0.480 e. The molecule has 1 amide bonds. The number of rotatable bonds is 3. The van der Waals surface area contributed by atoms with Crippen molar-refractivity contribution in [2.45, 2.75) is 50.7 Å². The third kappa shape index (κ3) is 2.16. The summed E-state index contributed by atoms with van der Waals surface area (Å²) in [6.07, 6.45) is 6.38. The molecule has 5 rings (SSSR count). The number of amides is 1. The van der Waals surface area contributed by atoms with E-state index in [1.807, 2.05) is 0 Å². The Kier molecular flexibility index (Phi) is 3.44. The molecule has 4 aliphatic carbocycles. The summed E-state index contributed by atoms with van der Waals surface area (Å²) in [5.41, 5.74) is 0. The molecule has 1 N–H and O–H groups in total. The molecule has 5 nitrogen and oxygen atoms in total. The van der Waals surface area contributed by atoms with Gasteiger partial charge in [0, 0.05) is 26.0 Å². The normalized spacial score (nSPS) is 46.2. The van der Waals surface area contributed by atoms with E-state index < -0.39 is 12.0 Å². The highest BCUT2D eigenvalue weighted by Gasteiger charge is 2.53. The van der Waals surface area contributed by atoms with Crippen molar-refractivity contribution in [2.24, 2.45) is 29.6 Å². The first-order valence-corrected chi connectivity index (χ1v) is 8.63. The minimum absolute atomic E-state index is 0.0743. The molecule has 122 valence electrons. The van der Waals surface area contributed by atoms with Crippen LogP contribution in [0.1, 0.15) is 38.5 Å². The number of carbonyl (C=O) groups is 2. The van der Waals surface area contributed by atoms with E-state index in [1.54, 1.807) is 12.0 Å². The molecular formula is C17H25NO4. The third-order valence-electron chi connectivity index (χ3n) is 6.68. The minimum atomic E-state index is -0.892. The molecule has 0 aromatic rings. The van der Waals surface area contributed by atoms with Gasteiger partial charge in [-0.1, -0.05) is 0 Å². The summed E-state index contributed by atoms with van der Waals surface area (Å²) in [4.78, 5) is 26.3. The zero-order valence-corrected chi connectivity index (χ0v) is 13.1. The number of carboxylic acids is 1. The van der Waals surface area contributed by atoms with Gasteiger partial charge in [0.05, 0.1) is 6.10 Å². The average molecular weight is 307 g/mol. The van der Waals surface area contributed by atoms with E-state index >= 15 is 0 Å². The molecule has 0 radical (unpaired) electrons. The highest BCUT2D eigenvalue weighted by atomic mass is 16.5. The molecule has 2 unspecified atom stereocenters. The number of hydrogen-bond donors (Lipinski definition) is 1. The van der Waals surface area contributed by atoms with Crippen molar-refractivity contribution in [3.05, 3.63) is 0 Å². The van der Waals surface area contributed by atoms with Crippen molar-refractivity contribution in [2.75, 3.05) is 13.7 Å². The predicted octanol–water partition coefficient (Wildman–Crippen LogP) is 1.76. The van der Waals surface area contributed by atoms with Crippen LogP contribution in [0.4, 0.5) is 0 Å². The maximum absolute atomic E-state index is 13.1. The summed E-state index contributed by atoms with van der Waals surface area (Å²) in [7, 11) is 1.60. The molecule has 1 heterocycles. The van der Waals surface area contributed by atoms with Gasteiger partial charge in [0.25, 0.3) is 0 Å². The maximum atomic E-state index is 13.1. The predicted molar refractivity (Wildman–Crippen MR) is 79.1 cm³/mol. The van der Waals surface area contributed by atoms with Crippen LogP contribution in [-0.2, 0) is 14.3 Å². The number of carboxylic acid groups (broad SMARTS) is 1. The Morgan fingerprint density at radius 1 is 1.00 bits per heavy atom. The smallest absolute Gasteiger partial charge is 0.326 e. The SMILES string of the molecule is COC1CC(C(=O)O)N(C(=O)C2C3CC4CC(C3)CC2C4)C1. The topological polar surface area (TPSA) is 66.8 Å². The van der Waals surface area contributed by atoms with Crippen LogP contribution >= 0.6 is 0 Å². The Bertz CT molecular complexity index is 463. The van der Waals surface area contributed by atoms with Crippen LogP contribution in [0, 0.1) is 29.6 Å². The van der Waals surface area contributed by atoms with Gasteiger partial charge in [-0.25, -0.2) is 4.79 Å². The van der Waals surface area contributed by atoms with Gasteiger partial charge in [-0.3, -0.25) is 4.79 Å². The number of methoxy groups -OCH3 is 1. The summed E-state index contributed by atoms with van der Waals surface area (Å²) in [5.74, 6) is 1.93. The van der Waals surface area contributed by atoms with E-state index in [1.165, 1.54) is 32.1 Å². The van der Waals surface area contributed by atoms with Gasteiger partial charge >= 0.3 is 5.97 Å². The lowest BCUT2D eigenvalue weighted by Crippen LogP contribution is -2.53. The molecule has 0 spiro atoms. The standard InChI is InChI=1S/C17H25NO4/c1-22-13-7-14(17(20)21)18(8-13)16(19)15-11-3-9-2-10(5-11)6-12(15)4-9/h9-15H,2-8H2,1H3,(H,20,21). The maximum Gasteiger partial charge on any atom is 0.326 e. The molecule has 5 fully saturated rings. The van der Waals surface area contributed by atoms with Gasteiger partial charge in [-0.2, -0.15) is 0 Å². The van der Waals surface area contributed by atoms with Crippen LogP contribution < -0.4 is 0 Å². The molecule has 5 heteroatoms. The summed E-state index contributed by atoms with van der Waals surface area (Å²) in [6, 6.07) is -0.699. The average Bonchev–Trinajstić information content (AvgIpc) is 2.90. The van der Waals surface area contributed by atoms with E-state index in [0.717, 1.165) is 11.8 Å². The quantitative estimate of drug-likeness (QED) is 0.863. The Balaban J connectivity index is 1.55. The monoisotopic (exact) mass is 307 g/mol. The Hall–Kier alpha value is -1.10. The number of hydrogen-bond acceptors (Lipinski definition) is 3. The molecular weight excluding hydrogens is 282 g/mol. The first-order chi connectivity index (χ1) is 10.6. The molecule has 4 saturated carbocycles. The number of nitrogens with zero attached hydrogens (tertiary/aromatic N) is 1. The van der Waals surface area contributed by atoms with E-state index in [2.05, 4.69) is 0 Å².